The second-order valence-corrected chi connectivity index (χ2v) is 12.9. The molecule has 0 N–H and O–H groups in total. The van der Waals surface area contributed by atoms with E-state index in [0.29, 0.717) is 0 Å². The topological polar surface area (TPSA) is 0 Å². The molecule has 5 rings (SSSR count). The quantitative estimate of drug-likeness (QED) is 0.182. The van der Waals surface area contributed by atoms with Gasteiger partial charge in [0.15, 0.2) is 0 Å². The predicted octanol–water partition coefficient (Wildman–Crippen LogP) is 4.83. The fourth-order valence-corrected chi connectivity index (χ4v) is 6.67. The van der Waals surface area contributed by atoms with E-state index in [1.807, 2.05) is 0 Å². The summed E-state index contributed by atoms with van der Waals surface area (Å²) < 4.78 is 1.48. The average molecular weight is 562 g/mol. The first-order valence-electron chi connectivity index (χ1n) is 11.4. The van der Waals surface area contributed by atoms with Gasteiger partial charge in [0.1, 0.15) is 0 Å². The zero-order valence-corrected chi connectivity index (χ0v) is 23.0. The number of hydrogen-bond donors (Lipinski definition) is 1. The SMILES string of the molecule is C[I-]c1ccc2c(c1)C(c1cccc(C)c1)(c1cccc(S)c1)c1cc(C(C)(C)C)ccc1-2. The number of fused-ring (bicyclic) bond motifs is 3. The molecule has 168 valence electrons. The van der Waals surface area contributed by atoms with Crippen molar-refractivity contribution in [2.45, 2.75) is 43.4 Å². The summed E-state index contributed by atoms with van der Waals surface area (Å²) in [6.45, 7) is 9.11. The number of thiol groups is 1. The third-order valence-corrected chi connectivity index (χ3v) is 9.11. The van der Waals surface area contributed by atoms with E-state index in [4.69, 9.17) is 12.6 Å². The van der Waals surface area contributed by atoms with Crippen LogP contribution in [0.3, 0.4) is 0 Å². The van der Waals surface area contributed by atoms with Crippen LogP contribution in [-0.4, -0.2) is 4.93 Å². The Balaban J connectivity index is 1.98. The molecule has 33 heavy (non-hydrogen) atoms. The minimum absolute atomic E-state index is 0.0112. The molecule has 0 radical (unpaired) electrons. The Labute approximate surface area is 214 Å². The number of halogens is 1. The summed E-state index contributed by atoms with van der Waals surface area (Å²) >= 11 is 4.76. The Morgan fingerprint density at radius 3 is 2.00 bits per heavy atom. The Bertz CT molecular complexity index is 1310. The van der Waals surface area contributed by atoms with Crippen molar-refractivity contribution in [1.82, 2.24) is 0 Å². The van der Waals surface area contributed by atoms with Crippen molar-refractivity contribution in [3.8, 4) is 11.1 Å². The third-order valence-electron chi connectivity index (χ3n) is 6.91. The van der Waals surface area contributed by atoms with Crippen molar-refractivity contribution in [2.75, 3.05) is 4.93 Å². The normalized spacial score (nSPS) is 17.2. The van der Waals surface area contributed by atoms with E-state index in [-0.39, 0.29) is 32.0 Å². The van der Waals surface area contributed by atoms with E-state index in [9.17, 15) is 0 Å². The van der Waals surface area contributed by atoms with Gasteiger partial charge in [0.25, 0.3) is 0 Å². The van der Waals surface area contributed by atoms with E-state index < -0.39 is 0 Å². The van der Waals surface area contributed by atoms with Crippen molar-refractivity contribution in [3.05, 3.63) is 122 Å². The molecule has 0 nitrogen and oxygen atoms in total. The Hall–Kier alpha value is -2.04. The third kappa shape index (κ3) is 3.66. The summed E-state index contributed by atoms with van der Waals surface area (Å²) in [6.07, 6.45) is 0. The maximum atomic E-state index is 4.77. The number of rotatable bonds is 3. The van der Waals surface area contributed by atoms with Crippen LogP contribution in [0, 0.1) is 10.5 Å². The molecule has 0 aliphatic heterocycles. The molecular weight excluding hydrogens is 531 g/mol. The Morgan fingerprint density at radius 2 is 1.36 bits per heavy atom. The molecule has 4 aromatic carbocycles. The van der Waals surface area contributed by atoms with Gasteiger partial charge >= 0.3 is 215 Å². The van der Waals surface area contributed by atoms with Gasteiger partial charge in [-0.05, 0) is 0 Å². The molecule has 2 heteroatoms. The van der Waals surface area contributed by atoms with Gasteiger partial charge < -0.3 is 0 Å². The maximum absolute atomic E-state index is 4.77. The second kappa shape index (κ2) is 8.32. The molecule has 1 unspecified atom stereocenters. The van der Waals surface area contributed by atoms with Crippen LogP contribution in [0.5, 0.6) is 0 Å². The van der Waals surface area contributed by atoms with Crippen LogP contribution in [0.25, 0.3) is 11.1 Å². The molecule has 1 atom stereocenters. The summed E-state index contributed by atoms with van der Waals surface area (Å²) in [5.41, 5.74) is 10.5. The summed E-state index contributed by atoms with van der Waals surface area (Å²) in [6, 6.07) is 32.2. The van der Waals surface area contributed by atoms with E-state index in [2.05, 4.69) is 118 Å². The number of aryl methyl sites for hydroxylation is 1. The summed E-state index contributed by atoms with van der Waals surface area (Å²) in [5, 5.41) is 0. The molecule has 1 aliphatic rings. The molecule has 0 amide bonds. The van der Waals surface area contributed by atoms with Crippen LogP contribution in [0.1, 0.15) is 54.2 Å². The summed E-state index contributed by atoms with van der Waals surface area (Å²) in [5.74, 6) is 0. The van der Waals surface area contributed by atoms with Crippen molar-refractivity contribution in [2.24, 2.45) is 0 Å². The Morgan fingerprint density at radius 1 is 0.727 bits per heavy atom. The second-order valence-electron chi connectivity index (χ2n) is 10.1. The van der Waals surface area contributed by atoms with E-state index in [1.54, 1.807) is 0 Å². The van der Waals surface area contributed by atoms with Crippen LogP contribution < -0.4 is 21.2 Å². The van der Waals surface area contributed by atoms with Crippen molar-refractivity contribution >= 4 is 12.6 Å². The van der Waals surface area contributed by atoms with Crippen LogP contribution in [0.4, 0.5) is 0 Å². The monoisotopic (exact) mass is 561 g/mol. The molecule has 1 aliphatic carbocycles. The van der Waals surface area contributed by atoms with Gasteiger partial charge in [0.2, 0.25) is 0 Å². The zero-order valence-electron chi connectivity index (χ0n) is 19.9. The van der Waals surface area contributed by atoms with Gasteiger partial charge in [0, 0.05) is 0 Å². The fourth-order valence-electron chi connectivity index (χ4n) is 5.29. The molecular formula is C31H30IS-. The Kier molecular flexibility index (Phi) is 5.73. The van der Waals surface area contributed by atoms with Gasteiger partial charge in [0.05, 0.1) is 0 Å². The first-order valence-corrected chi connectivity index (χ1v) is 15.1. The fraction of sp³-hybridized carbons (Fsp3) is 0.226. The van der Waals surface area contributed by atoms with Gasteiger partial charge in [-0.2, -0.15) is 0 Å². The first kappa shape index (κ1) is 22.7. The van der Waals surface area contributed by atoms with Crippen LogP contribution in [0.2, 0.25) is 0 Å². The van der Waals surface area contributed by atoms with Crippen LogP contribution >= 0.6 is 12.6 Å². The molecule has 0 saturated heterocycles. The molecule has 4 aromatic rings. The van der Waals surface area contributed by atoms with E-state index in [1.165, 1.54) is 48.1 Å². The molecule has 0 bridgehead atoms. The van der Waals surface area contributed by atoms with E-state index >= 15 is 0 Å². The average Bonchev–Trinajstić information content (AvgIpc) is 3.08. The summed E-state index contributed by atoms with van der Waals surface area (Å²) in [7, 11) is 0. The molecule has 0 spiro atoms. The van der Waals surface area contributed by atoms with Crippen LogP contribution in [0.15, 0.2) is 89.8 Å². The first-order chi connectivity index (χ1) is 15.7. The zero-order chi connectivity index (χ0) is 23.4. The van der Waals surface area contributed by atoms with Gasteiger partial charge in [-0.3, -0.25) is 0 Å². The molecule has 0 heterocycles. The van der Waals surface area contributed by atoms with E-state index in [0.717, 1.165) is 4.90 Å². The van der Waals surface area contributed by atoms with Crippen molar-refractivity contribution < 1.29 is 21.2 Å². The van der Waals surface area contributed by atoms with Gasteiger partial charge in [-0.25, -0.2) is 0 Å². The predicted molar refractivity (Wildman–Crippen MR) is 139 cm³/mol. The molecule has 0 aromatic heterocycles. The van der Waals surface area contributed by atoms with Gasteiger partial charge in [-0.15, -0.1) is 0 Å². The molecule has 0 saturated carbocycles. The number of alkyl halides is 1. The number of hydrogen-bond acceptors (Lipinski definition) is 1. The standard InChI is InChI=1S/C31H30IS/c1-20-8-6-9-22(16-20)31(23-10-7-11-25(33)17-23)28-18-21(30(2,3)4)12-14-26(28)27-15-13-24(32-5)19-29(27)31/h6-19,33H,1-5H3/q-1. The van der Waals surface area contributed by atoms with Crippen LogP contribution in [-0.2, 0) is 10.8 Å². The van der Waals surface area contributed by atoms with Crippen molar-refractivity contribution in [3.63, 3.8) is 0 Å². The summed E-state index contributed by atoms with van der Waals surface area (Å²) in [4.78, 5) is 3.35. The van der Waals surface area contributed by atoms with Crippen molar-refractivity contribution in [1.29, 1.82) is 0 Å². The number of benzene rings is 4. The minimum atomic E-state index is -0.356. The van der Waals surface area contributed by atoms with Gasteiger partial charge in [-0.1, -0.05) is 0 Å². The molecule has 0 fully saturated rings.